The van der Waals surface area contributed by atoms with Crippen LogP contribution >= 0.6 is 0 Å². The van der Waals surface area contributed by atoms with Crippen molar-refractivity contribution in [2.75, 3.05) is 18.5 Å². The minimum Gasteiger partial charge on any atom is -0.392 e. The molecule has 27 heavy (non-hydrogen) atoms. The summed E-state index contributed by atoms with van der Waals surface area (Å²) in [5.74, 6) is 1.18. The summed E-state index contributed by atoms with van der Waals surface area (Å²) in [5, 5.41) is 23.6. The number of benzene rings is 1. The number of hydrogen-bond donors (Lipinski definition) is 2. The highest BCUT2D eigenvalue weighted by atomic mass is 16.3. The highest BCUT2D eigenvalue weighted by Gasteiger charge is 2.82. The van der Waals surface area contributed by atoms with Crippen LogP contribution < -0.4 is 4.90 Å². The van der Waals surface area contributed by atoms with Gasteiger partial charge in [0.2, 0.25) is 0 Å². The molecule has 1 saturated carbocycles. The van der Waals surface area contributed by atoms with Crippen LogP contribution in [-0.4, -0.2) is 58.7 Å². The van der Waals surface area contributed by atoms with Gasteiger partial charge in [0.25, 0.3) is 0 Å². The number of rotatable bonds is 3. The number of fused-ring (bicyclic) bond motifs is 2. The van der Waals surface area contributed by atoms with Crippen molar-refractivity contribution >= 4 is 5.69 Å². The SMILES string of the molecule is CCC[N+]12C3C[C@@H](C(CC)[C@H]1O)C1C(O)[C@]4(C[C@@H]12)c1ccccc1N(C)C34. The van der Waals surface area contributed by atoms with Crippen molar-refractivity contribution in [3.8, 4) is 0 Å². The van der Waals surface area contributed by atoms with E-state index in [1.165, 1.54) is 17.7 Å². The third-order valence-corrected chi connectivity index (χ3v) is 9.73. The molecule has 146 valence electrons. The van der Waals surface area contributed by atoms with E-state index in [9.17, 15) is 10.2 Å². The van der Waals surface area contributed by atoms with Gasteiger partial charge in [0.05, 0.1) is 30.1 Å². The van der Waals surface area contributed by atoms with Crippen molar-refractivity contribution in [3.63, 3.8) is 0 Å². The van der Waals surface area contributed by atoms with Crippen molar-refractivity contribution in [2.24, 2.45) is 17.8 Å². The zero-order chi connectivity index (χ0) is 18.7. The van der Waals surface area contributed by atoms with Crippen molar-refractivity contribution in [2.45, 2.75) is 75.4 Å². The lowest BCUT2D eigenvalue weighted by Crippen LogP contribution is -2.83. The maximum Gasteiger partial charge on any atom is 0.194 e. The molecular weight excluding hydrogens is 336 g/mol. The molecule has 4 saturated heterocycles. The average molecular weight is 370 g/mol. The minimum atomic E-state index is -0.271. The maximum absolute atomic E-state index is 11.9. The molecule has 5 bridgehead atoms. The predicted octanol–water partition coefficient (Wildman–Crippen LogP) is 2.48. The van der Waals surface area contributed by atoms with Gasteiger partial charge in [0.1, 0.15) is 6.04 Å². The molecule has 0 radical (unpaired) electrons. The van der Waals surface area contributed by atoms with Crippen molar-refractivity contribution in [1.82, 2.24) is 0 Å². The molecule has 5 aliphatic heterocycles. The molecule has 1 aromatic carbocycles. The summed E-state index contributed by atoms with van der Waals surface area (Å²) in [5.41, 5.74) is 2.56. The van der Waals surface area contributed by atoms with Crippen LogP contribution in [0.25, 0.3) is 0 Å². The summed E-state index contributed by atoms with van der Waals surface area (Å²) in [6.07, 6.45) is 3.84. The van der Waals surface area contributed by atoms with E-state index in [1.54, 1.807) is 0 Å². The Labute approximate surface area is 162 Å². The molecule has 1 spiro atoms. The van der Waals surface area contributed by atoms with E-state index in [0.29, 0.717) is 35.9 Å². The summed E-state index contributed by atoms with van der Waals surface area (Å²) in [4.78, 5) is 2.48. The van der Waals surface area contributed by atoms with Gasteiger partial charge in [-0.2, -0.15) is 0 Å². The van der Waals surface area contributed by atoms with Crippen LogP contribution in [0.1, 0.15) is 45.1 Å². The number of aliphatic hydroxyl groups is 2. The van der Waals surface area contributed by atoms with E-state index >= 15 is 0 Å². The summed E-state index contributed by atoms with van der Waals surface area (Å²) >= 11 is 0. The van der Waals surface area contributed by atoms with E-state index in [1.807, 2.05) is 0 Å². The van der Waals surface area contributed by atoms with Crippen LogP contribution in [0.4, 0.5) is 5.69 Å². The van der Waals surface area contributed by atoms with E-state index < -0.39 is 0 Å². The first-order chi connectivity index (χ1) is 13.0. The number of nitrogens with zero attached hydrogens (tertiary/aromatic N) is 2. The molecular formula is C23H33N2O2+. The second-order valence-corrected chi connectivity index (χ2v) is 10.1. The first kappa shape index (κ1) is 16.8. The van der Waals surface area contributed by atoms with Crippen LogP contribution in [0.3, 0.4) is 0 Å². The molecule has 7 rings (SSSR count). The van der Waals surface area contributed by atoms with Gasteiger partial charge in [-0.15, -0.1) is 0 Å². The van der Waals surface area contributed by atoms with Crippen LogP contribution in [0.2, 0.25) is 0 Å². The summed E-state index contributed by atoms with van der Waals surface area (Å²) in [6, 6.07) is 9.97. The summed E-state index contributed by atoms with van der Waals surface area (Å²) < 4.78 is 0.873. The van der Waals surface area contributed by atoms with Gasteiger partial charge in [-0.05, 0) is 30.4 Å². The molecule has 1 aliphatic carbocycles. The normalized spacial score (nSPS) is 53.7. The highest BCUT2D eigenvalue weighted by Crippen LogP contribution is 2.71. The second-order valence-electron chi connectivity index (χ2n) is 10.1. The quantitative estimate of drug-likeness (QED) is 0.805. The smallest absolute Gasteiger partial charge is 0.194 e. The van der Waals surface area contributed by atoms with Crippen LogP contribution in [-0.2, 0) is 5.41 Å². The largest absolute Gasteiger partial charge is 0.392 e. The zero-order valence-corrected chi connectivity index (χ0v) is 16.8. The molecule has 6 aliphatic rings. The average Bonchev–Trinajstić information content (AvgIpc) is 3.06. The number of hydrogen-bond acceptors (Lipinski definition) is 3. The standard InChI is InChI=1S/C23H33N2O2/c1-4-10-25-17-11-14(13(5-2)22(25)27)19-18(25)12-23(21(19)26)15-8-6-7-9-16(15)24(3)20(17)23/h6-9,13-14,17-22,26-27H,4-5,10-12H2,1-3H3/q+1/t13?,14-,17?,18-,19?,20?,21?,22+,23+,25?/m0/s1. The van der Waals surface area contributed by atoms with E-state index in [0.717, 1.165) is 30.3 Å². The number of likely N-dealkylation sites (N-methyl/N-ethyl adjacent to an activating group) is 1. The predicted molar refractivity (Wildman–Crippen MR) is 105 cm³/mol. The minimum absolute atomic E-state index is 0.127. The number of quaternary nitrogens is 1. The summed E-state index contributed by atoms with van der Waals surface area (Å²) in [6.45, 7) is 5.56. The number of aliphatic hydroxyl groups excluding tert-OH is 2. The van der Waals surface area contributed by atoms with Gasteiger partial charge < -0.3 is 15.1 Å². The molecule has 5 heterocycles. The molecule has 5 fully saturated rings. The van der Waals surface area contributed by atoms with E-state index in [4.69, 9.17) is 0 Å². The van der Waals surface area contributed by atoms with Gasteiger partial charge in [0.15, 0.2) is 6.23 Å². The molecule has 0 amide bonds. The van der Waals surface area contributed by atoms with Gasteiger partial charge >= 0.3 is 0 Å². The Bertz CT molecular complexity index is 798. The number of para-hydroxylation sites is 1. The fraction of sp³-hybridized carbons (Fsp3) is 0.739. The molecule has 10 atom stereocenters. The maximum atomic E-state index is 11.9. The van der Waals surface area contributed by atoms with Gasteiger partial charge in [-0.25, -0.2) is 0 Å². The second kappa shape index (κ2) is 5.08. The third kappa shape index (κ3) is 1.51. The zero-order valence-electron chi connectivity index (χ0n) is 16.8. The Hall–Kier alpha value is -1.10. The Morgan fingerprint density at radius 3 is 2.70 bits per heavy atom. The fourth-order valence-electron chi connectivity index (χ4n) is 9.23. The lowest BCUT2D eigenvalue weighted by Gasteiger charge is -2.68. The van der Waals surface area contributed by atoms with Crippen LogP contribution in [0.5, 0.6) is 0 Å². The van der Waals surface area contributed by atoms with E-state index in [2.05, 4.69) is 50.1 Å². The lowest BCUT2D eigenvalue weighted by molar-refractivity contribution is -1.04. The van der Waals surface area contributed by atoms with Crippen LogP contribution in [0.15, 0.2) is 24.3 Å². The monoisotopic (exact) mass is 369 g/mol. The van der Waals surface area contributed by atoms with Gasteiger partial charge in [0, 0.05) is 37.4 Å². The van der Waals surface area contributed by atoms with Crippen molar-refractivity contribution in [1.29, 1.82) is 0 Å². The Morgan fingerprint density at radius 2 is 1.96 bits per heavy atom. The molecule has 1 aromatic rings. The summed E-state index contributed by atoms with van der Waals surface area (Å²) in [7, 11) is 2.23. The first-order valence-corrected chi connectivity index (χ1v) is 11.1. The Morgan fingerprint density at radius 1 is 1.19 bits per heavy atom. The third-order valence-electron chi connectivity index (χ3n) is 9.73. The van der Waals surface area contributed by atoms with E-state index in [-0.39, 0.29) is 17.7 Å². The Kier molecular flexibility index (Phi) is 3.17. The molecule has 0 aromatic heterocycles. The first-order valence-electron chi connectivity index (χ1n) is 11.1. The molecule has 4 nitrogen and oxygen atoms in total. The topological polar surface area (TPSA) is 43.7 Å². The van der Waals surface area contributed by atoms with Crippen molar-refractivity contribution < 1.29 is 14.7 Å². The number of piperidine rings is 4. The molecule has 6 unspecified atom stereocenters. The lowest BCUT2D eigenvalue weighted by atomic mass is 9.60. The highest BCUT2D eigenvalue weighted by molar-refractivity contribution is 5.66. The molecule has 4 heteroatoms. The Balaban J connectivity index is 1.62. The van der Waals surface area contributed by atoms with Gasteiger partial charge in [-0.1, -0.05) is 32.0 Å². The molecule has 2 N–H and O–H groups in total. The van der Waals surface area contributed by atoms with Crippen LogP contribution in [0, 0.1) is 17.8 Å². The fourth-order valence-corrected chi connectivity index (χ4v) is 9.23. The number of anilines is 1. The van der Waals surface area contributed by atoms with Crippen molar-refractivity contribution in [3.05, 3.63) is 29.8 Å². The van der Waals surface area contributed by atoms with Gasteiger partial charge in [-0.3, -0.25) is 4.48 Å².